The number of nitrogen functional groups attached to an aromatic ring is 1. The third-order valence-corrected chi connectivity index (χ3v) is 6.32. The summed E-state index contributed by atoms with van der Waals surface area (Å²) in [6.07, 6.45) is 0.730. The first-order valence-electron chi connectivity index (χ1n) is 9.56. The lowest BCUT2D eigenvalue weighted by Crippen LogP contribution is -2.05. The Bertz CT molecular complexity index is 1390. The summed E-state index contributed by atoms with van der Waals surface area (Å²) in [5.41, 5.74) is 12.2. The molecule has 31 heavy (non-hydrogen) atoms. The molecule has 0 radical (unpaired) electrons. The van der Waals surface area contributed by atoms with E-state index in [4.69, 9.17) is 39.0 Å². The monoisotopic (exact) mass is 466 g/mol. The molecule has 2 N–H and O–H groups in total. The molecule has 0 amide bonds. The zero-order valence-electron chi connectivity index (χ0n) is 16.4. The van der Waals surface area contributed by atoms with Gasteiger partial charge in [-0.15, -0.1) is 21.5 Å². The van der Waals surface area contributed by atoms with Gasteiger partial charge in [-0.25, -0.2) is 4.98 Å². The maximum Gasteiger partial charge on any atom is 0.187 e. The van der Waals surface area contributed by atoms with Gasteiger partial charge >= 0.3 is 0 Å². The van der Waals surface area contributed by atoms with E-state index in [1.54, 1.807) is 4.52 Å². The molecule has 6 nitrogen and oxygen atoms in total. The van der Waals surface area contributed by atoms with Gasteiger partial charge in [0.15, 0.2) is 17.2 Å². The standard InChI is InChI=1S/C22H16Cl2N6S/c1-2-16-18(13-5-9-15(24)10-6-13)21-28-27-19(20(25)30(21)29-16)22-26-17(11-31-22)12-3-7-14(23)8-4-12/h3-11H,2,25H2,1H3. The Morgan fingerprint density at radius 3 is 2.23 bits per heavy atom. The molecule has 3 aromatic heterocycles. The second-order valence-electron chi connectivity index (χ2n) is 6.90. The van der Waals surface area contributed by atoms with Crippen LogP contribution < -0.4 is 5.73 Å². The number of anilines is 1. The zero-order chi connectivity index (χ0) is 21.5. The quantitative estimate of drug-likeness (QED) is 0.349. The molecule has 0 bridgehead atoms. The normalized spacial score (nSPS) is 11.3. The molecule has 0 atom stereocenters. The minimum absolute atomic E-state index is 0.400. The molecule has 5 rings (SSSR count). The van der Waals surface area contributed by atoms with E-state index >= 15 is 0 Å². The molecule has 3 heterocycles. The summed E-state index contributed by atoms with van der Waals surface area (Å²) in [5, 5.41) is 17.6. The van der Waals surface area contributed by atoms with Gasteiger partial charge in [0.1, 0.15) is 5.01 Å². The Hall–Kier alpha value is -3.00. The molecule has 5 aromatic rings. The Morgan fingerprint density at radius 1 is 0.935 bits per heavy atom. The molecule has 0 fully saturated rings. The molecule has 0 saturated heterocycles. The fourth-order valence-corrected chi connectivity index (χ4v) is 4.48. The fraction of sp³-hybridized carbons (Fsp3) is 0.0909. The number of aryl methyl sites for hydroxylation is 1. The van der Waals surface area contributed by atoms with Gasteiger partial charge in [-0.2, -0.15) is 9.61 Å². The molecule has 0 unspecified atom stereocenters. The fourth-order valence-electron chi connectivity index (χ4n) is 3.41. The van der Waals surface area contributed by atoms with Crippen LogP contribution in [-0.2, 0) is 6.42 Å². The van der Waals surface area contributed by atoms with E-state index in [-0.39, 0.29) is 0 Å². The third kappa shape index (κ3) is 3.54. The van der Waals surface area contributed by atoms with E-state index in [9.17, 15) is 0 Å². The molecule has 0 spiro atoms. The van der Waals surface area contributed by atoms with Crippen molar-refractivity contribution >= 4 is 46.0 Å². The van der Waals surface area contributed by atoms with Crippen LogP contribution >= 0.6 is 34.5 Å². The van der Waals surface area contributed by atoms with Crippen molar-refractivity contribution in [2.75, 3.05) is 5.73 Å². The Balaban J connectivity index is 1.61. The predicted molar refractivity (Wildman–Crippen MR) is 127 cm³/mol. The van der Waals surface area contributed by atoms with Crippen molar-refractivity contribution in [3.05, 3.63) is 69.7 Å². The van der Waals surface area contributed by atoms with Crippen LogP contribution in [0.2, 0.25) is 10.0 Å². The number of fused-ring (bicyclic) bond motifs is 1. The summed E-state index contributed by atoms with van der Waals surface area (Å²) in [6, 6.07) is 15.1. The van der Waals surface area contributed by atoms with Gasteiger partial charge in [-0.3, -0.25) is 0 Å². The number of halogens is 2. The predicted octanol–water partition coefficient (Wildman–Crippen LogP) is 6.03. The number of aromatic nitrogens is 5. The van der Waals surface area contributed by atoms with Crippen LogP contribution in [0.3, 0.4) is 0 Å². The highest BCUT2D eigenvalue weighted by Crippen LogP contribution is 2.34. The Morgan fingerprint density at radius 2 is 1.58 bits per heavy atom. The Labute approximate surface area is 192 Å². The Kier molecular flexibility index (Phi) is 5.09. The maximum atomic E-state index is 6.48. The lowest BCUT2D eigenvalue weighted by Gasteiger charge is -2.04. The molecule has 0 saturated carbocycles. The van der Waals surface area contributed by atoms with Crippen LogP contribution in [0.15, 0.2) is 53.9 Å². The molecule has 0 aliphatic carbocycles. The number of benzene rings is 2. The van der Waals surface area contributed by atoms with E-state index in [1.165, 1.54) is 11.3 Å². The van der Waals surface area contributed by atoms with Gasteiger partial charge in [0, 0.05) is 21.0 Å². The van der Waals surface area contributed by atoms with Gasteiger partial charge in [0.05, 0.1) is 17.0 Å². The van der Waals surface area contributed by atoms with E-state index in [0.29, 0.717) is 32.2 Å². The van der Waals surface area contributed by atoms with Crippen molar-refractivity contribution in [3.63, 3.8) is 0 Å². The van der Waals surface area contributed by atoms with E-state index in [2.05, 4.69) is 10.2 Å². The summed E-state index contributed by atoms with van der Waals surface area (Å²) >= 11 is 13.5. The second-order valence-corrected chi connectivity index (χ2v) is 8.63. The number of rotatable bonds is 4. The molecule has 0 aliphatic rings. The highest BCUT2D eigenvalue weighted by molar-refractivity contribution is 7.13. The number of thiazole rings is 1. The van der Waals surface area contributed by atoms with Gasteiger partial charge in [-0.05, 0) is 36.2 Å². The van der Waals surface area contributed by atoms with Gasteiger partial charge in [0.2, 0.25) is 0 Å². The van der Waals surface area contributed by atoms with Gasteiger partial charge < -0.3 is 5.73 Å². The maximum absolute atomic E-state index is 6.48. The van der Waals surface area contributed by atoms with Crippen molar-refractivity contribution in [2.45, 2.75) is 13.3 Å². The molecule has 154 valence electrons. The SMILES string of the molecule is CCc1nn2c(N)c(-c3nc(-c4ccc(Cl)cc4)cs3)nnc2c1-c1ccc(Cl)cc1. The summed E-state index contributed by atoms with van der Waals surface area (Å²) < 4.78 is 1.65. The number of nitrogens with zero attached hydrogens (tertiary/aromatic N) is 5. The van der Waals surface area contributed by atoms with Crippen LogP contribution in [0.5, 0.6) is 0 Å². The first kappa shape index (κ1) is 19.9. The van der Waals surface area contributed by atoms with E-state index in [0.717, 1.165) is 34.5 Å². The minimum Gasteiger partial charge on any atom is -0.382 e. The summed E-state index contributed by atoms with van der Waals surface area (Å²) in [6.45, 7) is 2.05. The first-order chi connectivity index (χ1) is 15.0. The van der Waals surface area contributed by atoms with Crippen molar-refractivity contribution in [2.24, 2.45) is 0 Å². The topological polar surface area (TPSA) is 82.0 Å². The van der Waals surface area contributed by atoms with Gasteiger partial charge in [-0.1, -0.05) is 54.4 Å². The number of hydrogen-bond acceptors (Lipinski definition) is 6. The molecule has 0 aliphatic heterocycles. The van der Waals surface area contributed by atoms with Crippen molar-refractivity contribution < 1.29 is 0 Å². The van der Waals surface area contributed by atoms with E-state index < -0.39 is 0 Å². The molecule has 9 heteroatoms. The van der Waals surface area contributed by atoms with Crippen molar-refractivity contribution in [1.29, 1.82) is 0 Å². The number of nitrogens with two attached hydrogens (primary N) is 1. The van der Waals surface area contributed by atoms with Gasteiger partial charge in [0.25, 0.3) is 0 Å². The smallest absolute Gasteiger partial charge is 0.187 e. The van der Waals surface area contributed by atoms with Crippen LogP contribution in [0.1, 0.15) is 12.6 Å². The highest BCUT2D eigenvalue weighted by atomic mass is 35.5. The zero-order valence-corrected chi connectivity index (χ0v) is 18.7. The van der Waals surface area contributed by atoms with Crippen LogP contribution in [-0.4, -0.2) is 24.8 Å². The third-order valence-electron chi connectivity index (χ3n) is 4.96. The first-order valence-corrected chi connectivity index (χ1v) is 11.2. The molecular weight excluding hydrogens is 451 g/mol. The lowest BCUT2D eigenvalue weighted by atomic mass is 10.0. The van der Waals surface area contributed by atoms with E-state index in [1.807, 2.05) is 60.8 Å². The average Bonchev–Trinajstić information content (AvgIpc) is 3.41. The second kappa shape index (κ2) is 7.92. The highest BCUT2D eigenvalue weighted by Gasteiger charge is 2.21. The van der Waals surface area contributed by atoms with Crippen LogP contribution in [0.4, 0.5) is 5.82 Å². The summed E-state index contributed by atoms with van der Waals surface area (Å²) in [4.78, 5) is 4.70. The molecule has 2 aromatic carbocycles. The summed E-state index contributed by atoms with van der Waals surface area (Å²) in [5.74, 6) is 0.400. The summed E-state index contributed by atoms with van der Waals surface area (Å²) in [7, 11) is 0. The van der Waals surface area contributed by atoms with Crippen LogP contribution in [0.25, 0.3) is 38.7 Å². The van der Waals surface area contributed by atoms with Crippen molar-refractivity contribution in [1.82, 2.24) is 24.8 Å². The lowest BCUT2D eigenvalue weighted by molar-refractivity contribution is 0.872. The number of hydrogen-bond donors (Lipinski definition) is 1. The molecular formula is C22H16Cl2N6S. The average molecular weight is 467 g/mol. The largest absolute Gasteiger partial charge is 0.382 e. The van der Waals surface area contributed by atoms with Crippen LogP contribution in [0, 0.1) is 0 Å². The minimum atomic E-state index is 0.400. The van der Waals surface area contributed by atoms with Crippen molar-refractivity contribution in [3.8, 4) is 33.1 Å².